The Kier molecular flexibility index (Phi) is 5.64. The monoisotopic (exact) mass is 478 g/mol. The molecule has 2 aliphatic rings. The van der Waals surface area contributed by atoms with Gasteiger partial charge in [-0.25, -0.2) is 4.98 Å². The number of benzene rings is 1. The van der Waals surface area contributed by atoms with Crippen LogP contribution >= 0.6 is 22.7 Å². The van der Waals surface area contributed by atoms with Crippen molar-refractivity contribution in [3.63, 3.8) is 0 Å². The number of nitrogens with one attached hydrogen (secondary N) is 1. The van der Waals surface area contributed by atoms with E-state index in [1.165, 1.54) is 21.1 Å². The highest BCUT2D eigenvalue weighted by atomic mass is 32.1. The van der Waals surface area contributed by atoms with E-state index in [1.54, 1.807) is 18.3 Å². The molecule has 7 nitrogen and oxygen atoms in total. The van der Waals surface area contributed by atoms with Crippen LogP contribution in [-0.4, -0.2) is 29.4 Å². The lowest BCUT2D eigenvalue weighted by atomic mass is 9.96. The Morgan fingerprint density at radius 2 is 2.18 bits per heavy atom. The van der Waals surface area contributed by atoms with E-state index in [0.717, 1.165) is 47.5 Å². The summed E-state index contributed by atoms with van der Waals surface area (Å²) in [5, 5.41) is 16.0. The van der Waals surface area contributed by atoms with E-state index in [2.05, 4.69) is 16.4 Å². The highest BCUT2D eigenvalue weighted by molar-refractivity contribution is 7.16. The highest BCUT2D eigenvalue weighted by Crippen LogP contribution is 2.39. The topological polar surface area (TPSA) is 95.3 Å². The summed E-state index contributed by atoms with van der Waals surface area (Å²) < 4.78 is 5.78. The number of aromatic nitrogens is 1. The Balaban J connectivity index is 1.42. The molecule has 33 heavy (non-hydrogen) atoms. The zero-order chi connectivity index (χ0) is 23.1. The molecule has 1 atom stereocenters. The van der Waals surface area contributed by atoms with Gasteiger partial charge in [0, 0.05) is 15.8 Å². The minimum atomic E-state index is -0.693. The number of ether oxygens (including phenoxy) is 1. The normalized spacial score (nSPS) is 17.1. The van der Waals surface area contributed by atoms with Crippen molar-refractivity contribution in [3.8, 4) is 23.1 Å². The van der Waals surface area contributed by atoms with Crippen molar-refractivity contribution >= 4 is 45.2 Å². The van der Waals surface area contributed by atoms with Gasteiger partial charge >= 0.3 is 0 Å². The lowest BCUT2D eigenvalue weighted by Crippen LogP contribution is -2.47. The predicted molar refractivity (Wildman–Crippen MR) is 129 cm³/mol. The molecule has 3 heterocycles. The fourth-order valence-electron chi connectivity index (χ4n) is 4.31. The lowest BCUT2D eigenvalue weighted by molar-refractivity contribution is -0.127. The first-order valence-electron chi connectivity index (χ1n) is 10.8. The van der Waals surface area contributed by atoms with E-state index >= 15 is 0 Å². The maximum absolute atomic E-state index is 13.0. The molecule has 1 aliphatic carbocycles. The molecular weight excluding hydrogens is 456 g/mol. The summed E-state index contributed by atoms with van der Waals surface area (Å²) in [4.78, 5) is 33.2. The van der Waals surface area contributed by atoms with Crippen molar-refractivity contribution in [2.45, 2.75) is 45.6 Å². The van der Waals surface area contributed by atoms with Crippen LogP contribution in [0.15, 0.2) is 23.6 Å². The number of rotatable bonds is 4. The maximum atomic E-state index is 13.0. The Hall–Kier alpha value is -3.22. The minimum Gasteiger partial charge on any atom is -0.479 e. The second-order valence-electron chi connectivity index (χ2n) is 8.19. The standard InChI is InChI=1S/C24H22N4O3S2/c1-13-24(30)28(19-9-15(7-8-20(19)31-13)18-12-32-14(2)26-18)11-22(29)27-23-17(10-25)16-5-3-4-6-21(16)33-23/h7-9,12-13H,3-6,11H2,1-2H3,(H,27,29). The third-order valence-corrected chi connectivity index (χ3v) is 7.90. The van der Waals surface area contributed by atoms with Crippen LogP contribution in [0.5, 0.6) is 5.75 Å². The van der Waals surface area contributed by atoms with Gasteiger partial charge in [-0.1, -0.05) is 0 Å². The van der Waals surface area contributed by atoms with E-state index < -0.39 is 6.10 Å². The van der Waals surface area contributed by atoms with Gasteiger partial charge in [0.2, 0.25) is 5.91 Å². The second kappa shape index (κ2) is 8.61. The molecule has 3 aromatic rings. The van der Waals surface area contributed by atoms with Crippen LogP contribution in [0.2, 0.25) is 0 Å². The summed E-state index contributed by atoms with van der Waals surface area (Å²) in [5.74, 6) is -0.0708. The molecule has 9 heteroatoms. The van der Waals surface area contributed by atoms with Crippen molar-refractivity contribution in [1.82, 2.24) is 4.98 Å². The molecule has 0 radical (unpaired) electrons. The number of anilines is 2. The quantitative estimate of drug-likeness (QED) is 0.587. The number of nitriles is 1. The van der Waals surface area contributed by atoms with Gasteiger partial charge in [-0.15, -0.1) is 22.7 Å². The highest BCUT2D eigenvalue weighted by Gasteiger charge is 2.33. The first-order valence-corrected chi connectivity index (χ1v) is 12.5. The SMILES string of the molecule is Cc1nc(-c2ccc3c(c2)N(CC(=O)Nc2sc4c(c2C#N)CCCC4)C(=O)C(C)O3)cs1. The van der Waals surface area contributed by atoms with Crippen LogP contribution in [0.1, 0.15) is 40.8 Å². The van der Waals surface area contributed by atoms with Gasteiger partial charge in [0.15, 0.2) is 6.10 Å². The van der Waals surface area contributed by atoms with Crippen LogP contribution in [0.25, 0.3) is 11.3 Å². The van der Waals surface area contributed by atoms with Gasteiger partial charge in [-0.05, 0) is 63.3 Å². The number of hydrogen-bond acceptors (Lipinski definition) is 7. The largest absolute Gasteiger partial charge is 0.479 e. The van der Waals surface area contributed by atoms with Gasteiger partial charge < -0.3 is 10.1 Å². The van der Waals surface area contributed by atoms with Gasteiger partial charge in [-0.2, -0.15) is 5.26 Å². The predicted octanol–water partition coefficient (Wildman–Crippen LogP) is 4.68. The molecule has 0 saturated heterocycles. The molecule has 0 fully saturated rings. The summed E-state index contributed by atoms with van der Waals surface area (Å²) >= 11 is 3.03. The van der Waals surface area contributed by atoms with E-state index in [4.69, 9.17) is 4.74 Å². The molecule has 0 saturated carbocycles. The van der Waals surface area contributed by atoms with Gasteiger partial charge in [0.25, 0.3) is 5.91 Å². The number of carbonyl (C=O) groups excluding carboxylic acids is 2. The molecule has 168 valence electrons. The Morgan fingerprint density at radius 1 is 1.36 bits per heavy atom. The molecule has 5 rings (SSSR count). The Morgan fingerprint density at radius 3 is 2.94 bits per heavy atom. The molecule has 0 spiro atoms. The first-order chi connectivity index (χ1) is 15.9. The number of carbonyl (C=O) groups is 2. The van der Waals surface area contributed by atoms with Crippen LogP contribution < -0.4 is 15.0 Å². The molecule has 1 aromatic carbocycles. The maximum Gasteiger partial charge on any atom is 0.268 e. The molecule has 2 aromatic heterocycles. The molecule has 2 amide bonds. The second-order valence-corrected chi connectivity index (χ2v) is 10.4. The third-order valence-electron chi connectivity index (χ3n) is 5.92. The number of thiophene rings is 1. The Labute approximate surface area is 199 Å². The third kappa shape index (κ3) is 4.01. The first kappa shape index (κ1) is 21.6. The van der Waals surface area contributed by atoms with E-state index in [-0.39, 0.29) is 18.4 Å². The lowest BCUT2D eigenvalue weighted by Gasteiger charge is -2.32. The molecule has 1 unspecified atom stereocenters. The van der Waals surface area contributed by atoms with E-state index in [9.17, 15) is 14.9 Å². The van der Waals surface area contributed by atoms with Crippen LogP contribution in [0.4, 0.5) is 10.7 Å². The summed E-state index contributed by atoms with van der Waals surface area (Å²) in [5.41, 5.74) is 3.84. The minimum absolute atomic E-state index is 0.160. The smallest absolute Gasteiger partial charge is 0.268 e. The van der Waals surface area contributed by atoms with Crippen LogP contribution in [-0.2, 0) is 22.4 Å². The van der Waals surface area contributed by atoms with E-state index in [0.29, 0.717) is 22.0 Å². The number of hydrogen-bond donors (Lipinski definition) is 1. The van der Waals surface area contributed by atoms with Gasteiger partial charge in [-0.3, -0.25) is 14.5 Å². The van der Waals surface area contributed by atoms with Crippen molar-refractivity contribution in [1.29, 1.82) is 5.26 Å². The van der Waals surface area contributed by atoms with E-state index in [1.807, 2.05) is 30.5 Å². The number of thiazole rings is 1. The van der Waals surface area contributed by atoms with Crippen molar-refractivity contribution in [2.24, 2.45) is 0 Å². The van der Waals surface area contributed by atoms with Crippen molar-refractivity contribution in [2.75, 3.05) is 16.8 Å². The number of aryl methyl sites for hydroxylation is 2. The Bertz CT molecular complexity index is 1300. The molecule has 1 aliphatic heterocycles. The molecule has 1 N–H and O–H groups in total. The number of nitrogens with zero attached hydrogens (tertiary/aromatic N) is 3. The summed E-state index contributed by atoms with van der Waals surface area (Å²) in [6, 6.07) is 7.82. The van der Waals surface area contributed by atoms with Crippen molar-refractivity contribution in [3.05, 3.63) is 44.6 Å². The zero-order valence-electron chi connectivity index (χ0n) is 18.3. The van der Waals surface area contributed by atoms with Crippen molar-refractivity contribution < 1.29 is 14.3 Å². The van der Waals surface area contributed by atoms with Gasteiger partial charge in [0.1, 0.15) is 23.4 Å². The summed E-state index contributed by atoms with van der Waals surface area (Å²) in [7, 11) is 0. The fraction of sp³-hybridized carbons (Fsp3) is 0.333. The molecule has 0 bridgehead atoms. The summed E-state index contributed by atoms with van der Waals surface area (Å²) in [6.07, 6.45) is 3.28. The van der Waals surface area contributed by atoms with Gasteiger partial charge in [0.05, 0.1) is 22.0 Å². The fourth-order valence-corrected chi connectivity index (χ4v) is 6.19. The number of amides is 2. The zero-order valence-corrected chi connectivity index (χ0v) is 19.9. The van der Waals surface area contributed by atoms with Crippen LogP contribution in [0, 0.1) is 18.3 Å². The average Bonchev–Trinajstić information content (AvgIpc) is 3.39. The molecular formula is C24H22N4O3S2. The number of fused-ring (bicyclic) bond motifs is 2. The average molecular weight is 479 g/mol. The van der Waals surface area contributed by atoms with Crippen LogP contribution in [0.3, 0.4) is 0 Å². The summed E-state index contributed by atoms with van der Waals surface area (Å²) in [6.45, 7) is 3.46.